The topological polar surface area (TPSA) is 68.9 Å². The van der Waals surface area contributed by atoms with Crippen molar-refractivity contribution in [1.82, 2.24) is 0 Å². The third-order valence-electron chi connectivity index (χ3n) is 3.29. The van der Waals surface area contributed by atoms with Crippen LogP contribution < -0.4 is 10.4 Å². The van der Waals surface area contributed by atoms with Crippen LogP contribution in [0.2, 0.25) is 0 Å². The fourth-order valence-electron chi connectivity index (χ4n) is 1.98. The predicted octanol–water partition coefficient (Wildman–Crippen LogP) is 1.18. The smallest absolute Gasteiger partial charge is 0.336 e. The minimum absolute atomic E-state index is 0.0374. The van der Waals surface area contributed by atoms with Crippen LogP contribution in [0.5, 0.6) is 5.75 Å². The summed E-state index contributed by atoms with van der Waals surface area (Å²) in [6, 6.07) is 8.42. The third kappa shape index (κ3) is 2.34. The van der Waals surface area contributed by atoms with E-state index in [1.165, 1.54) is 6.07 Å². The largest absolute Gasteiger partial charge is 0.493 e. The molecule has 3 rings (SSSR count). The Morgan fingerprint density at radius 3 is 2.74 bits per heavy atom. The van der Waals surface area contributed by atoms with Gasteiger partial charge in [-0.25, -0.2) is 4.79 Å². The first-order valence-corrected chi connectivity index (χ1v) is 6.06. The van der Waals surface area contributed by atoms with Crippen molar-refractivity contribution < 1.29 is 19.0 Å². The Kier molecular flexibility index (Phi) is 3.00. The van der Waals surface area contributed by atoms with Gasteiger partial charge in [-0.15, -0.1) is 0 Å². The van der Waals surface area contributed by atoms with E-state index in [9.17, 15) is 9.90 Å². The number of ether oxygens (including phenoxy) is 2. The van der Waals surface area contributed by atoms with Crippen LogP contribution in [0.3, 0.4) is 0 Å². The van der Waals surface area contributed by atoms with Gasteiger partial charge in [0.05, 0.1) is 25.2 Å². The fraction of sp³-hybridized carbons (Fsp3) is 0.357. The fourth-order valence-corrected chi connectivity index (χ4v) is 1.98. The first-order valence-electron chi connectivity index (χ1n) is 6.06. The summed E-state index contributed by atoms with van der Waals surface area (Å²) in [6.45, 7) is 1.43. The Morgan fingerprint density at radius 1 is 1.26 bits per heavy atom. The summed E-state index contributed by atoms with van der Waals surface area (Å²) in [5.74, 6) is 0.613. The van der Waals surface area contributed by atoms with Crippen LogP contribution in [-0.4, -0.2) is 31.5 Å². The molecule has 0 unspecified atom stereocenters. The lowest BCUT2D eigenvalue weighted by Crippen LogP contribution is -2.49. The second-order valence-corrected chi connectivity index (χ2v) is 4.89. The zero-order valence-corrected chi connectivity index (χ0v) is 10.3. The Balaban J connectivity index is 1.79. The van der Waals surface area contributed by atoms with E-state index in [4.69, 9.17) is 13.9 Å². The molecule has 0 atom stereocenters. The van der Waals surface area contributed by atoms with Crippen molar-refractivity contribution in [1.29, 1.82) is 0 Å². The van der Waals surface area contributed by atoms with Gasteiger partial charge in [-0.2, -0.15) is 0 Å². The van der Waals surface area contributed by atoms with Crippen LogP contribution in [0.15, 0.2) is 39.5 Å². The number of fused-ring (bicyclic) bond motifs is 1. The number of benzene rings is 1. The molecule has 5 heteroatoms. The van der Waals surface area contributed by atoms with E-state index in [1.54, 1.807) is 12.1 Å². The molecule has 2 aromatic rings. The highest BCUT2D eigenvalue weighted by Crippen LogP contribution is 2.28. The average Bonchev–Trinajstić information content (AvgIpc) is 2.37. The van der Waals surface area contributed by atoms with Gasteiger partial charge in [0, 0.05) is 17.5 Å². The highest BCUT2D eigenvalue weighted by atomic mass is 16.5. The molecule has 1 aliphatic rings. The molecule has 0 spiro atoms. The van der Waals surface area contributed by atoms with E-state index >= 15 is 0 Å². The number of hydrogen-bond acceptors (Lipinski definition) is 5. The first kappa shape index (κ1) is 12.2. The molecule has 1 N–H and O–H groups in total. The van der Waals surface area contributed by atoms with Crippen molar-refractivity contribution in [3.63, 3.8) is 0 Å². The maximum absolute atomic E-state index is 11.2. The molecular weight excluding hydrogens is 248 g/mol. The lowest BCUT2D eigenvalue weighted by molar-refractivity contribution is -0.153. The summed E-state index contributed by atoms with van der Waals surface area (Å²) in [5.41, 5.74) is -0.191. The van der Waals surface area contributed by atoms with Crippen molar-refractivity contribution in [3.05, 3.63) is 40.8 Å². The highest BCUT2D eigenvalue weighted by molar-refractivity contribution is 5.77. The molecule has 0 bridgehead atoms. The SMILES string of the molecule is O=c1ccc2ccc(OCC3(CO)COC3)cc2o1. The van der Waals surface area contributed by atoms with Crippen molar-refractivity contribution >= 4 is 11.0 Å². The lowest BCUT2D eigenvalue weighted by atomic mass is 9.88. The molecule has 1 aliphatic heterocycles. The lowest BCUT2D eigenvalue weighted by Gasteiger charge is -2.39. The molecule has 19 heavy (non-hydrogen) atoms. The van der Waals surface area contributed by atoms with Crippen molar-refractivity contribution in [3.8, 4) is 5.75 Å². The summed E-state index contributed by atoms with van der Waals surface area (Å²) >= 11 is 0. The van der Waals surface area contributed by atoms with E-state index < -0.39 is 0 Å². The van der Waals surface area contributed by atoms with Gasteiger partial charge in [0.15, 0.2) is 0 Å². The zero-order chi connectivity index (χ0) is 13.3. The van der Waals surface area contributed by atoms with Crippen molar-refractivity contribution in [2.24, 2.45) is 5.41 Å². The van der Waals surface area contributed by atoms with Gasteiger partial charge in [-0.3, -0.25) is 0 Å². The Hall–Kier alpha value is -1.85. The monoisotopic (exact) mass is 262 g/mol. The zero-order valence-electron chi connectivity index (χ0n) is 10.3. The average molecular weight is 262 g/mol. The van der Waals surface area contributed by atoms with Gasteiger partial charge in [-0.05, 0) is 18.2 Å². The molecule has 0 aliphatic carbocycles. The van der Waals surface area contributed by atoms with Crippen molar-refractivity contribution in [2.75, 3.05) is 26.4 Å². The highest BCUT2D eigenvalue weighted by Gasteiger charge is 2.39. The van der Waals surface area contributed by atoms with Gasteiger partial charge in [0.2, 0.25) is 0 Å². The summed E-state index contributed by atoms with van der Waals surface area (Å²) in [7, 11) is 0. The van der Waals surface area contributed by atoms with E-state index in [2.05, 4.69) is 0 Å². The van der Waals surface area contributed by atoms with Crippen LogP contribution in [0.4, 0.5) is 0 Å². The maximum Gasteiger partial charge on any atom is 0.336 e. The van der Waals surface area contributed by atoms with Crippen LogP contribution in [-0.2, 0) is 4.74 Å². The minimum atomic E-state index is -0.385. The molecule has 1 aromatic heterocycles. The Labute approximate surface area is 109 Å². The van der Waals surface area contributed by atoms with E-state index in [0.29, 0.717) is 31.2 Å². The minimum Gasteiger partial charge on any atom is -0.493 e. The maximum atomic E-state index is 11.2. The van der Waals surface area contributed by atoms with Crippen LogP contribution in [0.1, 0.15) is 0 Å². The van der Waals surface area contributed by atoms with Crippen molar-refractivity contribution in [2.45, 2.75) is 0 Å². The molecule has 1 fully saturated rings. The van der Waals surface area contributed by atoms with Gasteiger partial charge < -0.3 is 19.0 Å². The summed E-state index contributed by atoms with van der Waals surface area (Å²) < 4.78 is 15.8. The molecule has 0 amide bonds. The van der Waals surface area contributed by atoms with E-state index in [-0.39, 0.29) is 17.6 Å². The van der Waals surface area contributed by atoms with E-state index in [1.807, 2.05) is 12.1 Å². The quantitative estimate of drug-likeness (QED) is 0.838. The molecule has 100 valence electrons. The molecule has 0 radical (unpaired) electrons. The van der Waals surface area contributed by atoms with Crippen LogP contribution in [0.25, 0.3) is 11.0 Å². The molecular formula is C14H14O5. The standard InChI is InChI=1S/C14H14O5/c15-6-14(7-17-8-14)9-18-11-3-1-10-2-4-13(16)19-12(10)5-11/h1-5,15H,6-9H2. The summed E-state index contributed by atoms with van der Waals surface area (Å²) in [6.07, 6.45) is 0. The third-order valence-corrected chi connectivity index (χ3v) is 3.29. The van der Waals surface area contributed by atoms with E-state index in [0.717, 1.165) is 5.39 Å². The molecule has 0 saturated carbocycles. The second kappa shape index (κ2) is 4.68. The van der Waals surface area contributed by atoms with Crippen LogP contribution in [0, 0.1) is 5.41 Å². The van der Waals surface area contributed by atoms with Gasteiger partial charge in [-0.1, -0.05) is 0 Å². The van der Waals surface area contributed by atoms with Gasteiger partial charge >= 0.3 is 5.63 Å². The first-order chi connectivity index (χ1) is 9.21. The Bertz CT molecular complexity index is 636. The van der Waals surface area contributed by atoms with Gasteiger partial charge in [0.25, 0.3) is 0 Å². The molecule has 5 nitrogen and oxygen atoms in total. The molecule has 1 saturated heterocycles. The molecule has 2 heterocycles. The summed E-state index contributed by atoms with van der Waals surface area (Å²) in [4.78, 5) is 11.2. The summed E-state index contributed by atoms with van der Waals surface area (Å²) in [5, 5.41) is 10.1. The normalized spacial score (nSPS) is 17.1. The van der Waals surface area contributed by atoms with Crippen LogP contribution >= 0.6 is 0 Å². The number of aliphatic hydroxyl groups excluding tert-OH is 1. The van der Waals surface area contributed by atoms with Gasteiger partial charge in [0.1, 0.15) is 17.9 Å². The predicted molar refractivity (Wildman–Crippen MR) is 68.3 cm³/mol. The molecule has 1 aromatic carbocycles. The Morgan fingerprint density at radius 2 is 2.05 bits per heavy atom. The number of aliphatic hydroxyl groups is 1. The number of rotatable bonds is 4. The second-order valence-electron chi connectivity index (χ2n) is 4.89. The number of hydrogen-bond donors (Lipinski definition) is 1.